The van der Waals surface area contributed by atoms with Crippen molar-refractivity contribution in [2.24, 2.45) is 22.2 Å². The maximum absolute atomic E-state index is 14.6. The van der Waals surface area contributed by atoms with Gasteiger partial charge in [-0.15, -0.1) is 12.3 Å². The van der Waals surface area contributed by atoms with Crippen molar-refractivity contribution in [1.29, 1.82) is 0 Å². The molecule has 0 aliphatic carbocycles. The number of aromatic amines is 2. The summed E-state index contributed by atoms with van der Waals surface area (Å²) in [4.78, 5) is 123. The van der Waals surface area contributed by atoms with Crippen LogP contribution in [0.2, 0.25) is 0 Å². The molecule has 22 heteroatoms. The SMILES string of the molecule is C#CCCCC(=O)NCCC[C@@H](NC(=O)CNC(=O)[C@H](Cc1c[nH]c2ccccc12)NC(=O)[C@H](CCCN=C(N)N)NC(=O)[C@@H](Cc1ccccc1)NC(=O)[C@H](Cc1cnc[nH]1)NC(=O)CCCc1ccccc1)C(N)=O. The molecule has 0 radical (unpaired) electrons. The Bertz CT molecular complexity index is 2790. The molecule has 2 aromatic heterocycles. The fraction of sp³-hybridized carbons (Fsp3) is 0.382. The monoisotopic (exact) mass is 1050 g/mol. The lowest BCUT2D eigenvalue weighted by Crippen LogP contribution is -2.59. The summed E-state index contributed by atoms with van der Waals surface area (Å²) in [6.45, 7) is -0.305. The van der Waals surface area contributed by atoms with E-state index in [1.807, 2.05) is 54.6 Å². The van der Waals surface area contributed by atoms with Gasteiger partial charge in [-0.3, -0.25) is 43.3 Å². The van der Waals surface area contributed by atoms with Gasteiger partial charge >= 0.3 is 0 Å². The van der Waals surface area contributed by atoms with Crippen LogP contribution in [0.1, 0.15) is 80.2 Å². The van der Waals surface area contributed by atoms with E-state index >= 15 is 0 Å². The number of aryl methyl sites for hydroxylation is 1. The largest absolute Gasteiger partial charge is 0.370 e. The molecule has 0 aliphatic rings. The first-order valence-electron chi connectivity index (χ1n) is 25.6. The molecule has 22 nitrogen and oxygen atoms in total. The molecule has 0 fully saturated rings. The van der Waals surface area contributed by atoms with Crippen LogP contribution in [-0.2, 0) is 64.0 Å². The number of fused-ring (bicyclic) bond motifs is 1. The van der Waals surface area contributed by atoms with Gasteiger partial charge in [0, 0.05) is 80.6 Å². The maximum atomic E-state index is 14.6. The van der Waals surface area contributed by atoms with Crippen molar-refractivity contribution in [3.8, 4) is 12.3 Å². The molecule has 0 bridgehead atoms. The molecule has 15 N–H and O–H groups in total. The van der Waals surface area contributed by atoms with E-state index in [1.165, 1.54) is 12.5 Å². The first-order valence-corrected chi connectivity index (χ1v) is 25.6. The summed E-state index contributed by atoms with van der Waals surface area (Å²) >= 11 is 0. The minimum atomic E-state index is -1.33. The number of aliphatic imine (C=N–C) groups is 1. The summed E-state index contributed by atoms with van der Waals surface area (Å²) in [6.07, 6.45) is 13.0. The highest BCUT2D eigenvalue weighted by Crippen LogP contribution is 2.20. The number of unbranched alkanes of at least 4 members (excludes halogenated alkanes) is 1. The molecule has 2 heterocycles. The molecule has 0 spiro atoms. The number of para-hydroxylation sites is 1. The number of benzene rings is 3. The highest BCUT2D eigenvalue weighted by Gasteiger charge is 2.33. The van der Waals surface area contributed by atoms with Crippen molar-refractivity contribution in [2.75, 3.05) is 19.6 Å². The molecule has 5 rings (SSSR count). The minimum absolute atomic E-state index is 0.0168. The second-order valence-electron chi connectivity index (χ2n) is 18.4. The van der Waals surface area contributed by atoms with Gasteiger partial charge in [-0.1, -0.05) is 78.9 Å². The number of carbonyl (C=O) groups excluding carboxylic acids is 8. The molecule has 77 heavy (non-hydrogen) atoms. The summed E-state index contributed by atoms with van der Waals surface area (Å²) in [7, 11) is 0. The van der Waals surface area contributed by atoms with Gasteiger partial charge in [0.1, 0.15) is 30.2 Å². The number of nitrogens with two attached hydrogens (primary N) is 3. The Morgan fingerprint density at radius 1 is 0.597 bits per heavy atom. The topological polar surface area (TPSA) is 356 Å². The summed E-state index contributed by atoms with van der Waals surface area (Å²) in [5.74, 6) is -2.83. The minimum Gasteiger partial charge on any atom is -0.370 e. The number of nitrogens with zero attached hydrogens (tertiary/aromatic N) is 2. The second-order valence-corrected chi connectivity index (χ2v) is 18.4. The lowest BCUT2D eigenvalue weighted by molar-refractivity contribution is -0.135. The van der Waals surface area contributed by atoms with Crippen LogP contribution in [0.3, 0.4) is 0 Å². The van der Waals surface area contributed by atoms with Crippen molar-refractivity contribution in [2.45, 2.75) is 114 Å². The van der Waals surface area contributed by atoms with Gasteiger partial charge in [-0.25, -0.2) is 4.98 Å². The van der Waals surface area contributed by atoms with E-state index in [-0.39, 0.29) is 82.2 Å². The van der Waals surface area contributed by atoms with E-state index in [0.717, 1.165) is 16.5 Å². The number of primary amides is 1. The summed E-state index contributed by atoms with van der Waals surface area (Å²) in [6, 6.07) is 19.7. The Morgan fingerprint density at radius 2 is 1.21 bits per heavy atom. The lowest BCUT2D eigenvalue weighted by atomic mass is 10.0. The van der Waals surface area contributed by atoms with Crippen LogP contribution < -0.4 is 54.4 Å². The van der Waals surface area contributed by atoms with Crippen LogP contribution in [0.4, 0.5) is 0 Å². The average molecular weight is 1060 g/mol. The molecular weight excluding hydrogens is 985 g/mol. The molecule has 0 unspecified atom stereocenters. The number of hydrogen-bond donors (Lipinski definition) is 12. The van der Waals surface area contributed by atoms with Crippen LogP contribution in [-0.4, -0.2) is 118 Å². The Kier molecular flexibility index (Phi) is 24.2. The number of terminal acetylenes is 1. The first-order chi connectivity index (χ1) is 37.2. The molecule has 8 amide bonds. The summed E-state index contributed by atoms with van der Waals surface area (Å²) in [5, 5.41) is 19.8. The van der Waals surface area contributed by atoms with Crippen molar-refractivity contribution >= 4 is 64.1 Å². The van der Waals surface area contributed by atoms with E-state index in [9.17, 15) is 38.4 Å². The van der Waals surface area contributed by atoms with Gasteiger partial charge in [0.05, 0.1) is 12.9 Å². The zero-order chi connectivity index (χ0) is 55.4. The van der Waals surface area contributed by atoms with Gasteiger partial charge in [-0.2, -0.15) is 0 Å². The molecule has 3 aromatic carbocycles. The fourth-order valence-corrected chi connectivity index (χ4v) is 8.36. The Morgan fingerprint density at radius 3 is 1.88 bits per heavy atom. The predicted molar refractivity (Wildman–Crippen MR) is 291 cm³/mol. The number of carbonyl (C=O) groups is 8. The standard InChI is InChI=1S/C55H70N14O8/c1-2-3-6-25-47(70)60-27-14-23-42(50(56)73)65-49(72)34-63-51(74)45(30-38-32-62-41-22-12-11-21-40(38)41)69-52(75)43(24-15-28-61-55(57)58)67-53(76)44(29-37-18-9-5-10-19-37)68-54(77)46(31-39-33-59-35-64-39)66-48(71)26-13-20-36-16-7-4-8-17-36/h1,4-5,7-12,16-19,21-22,32-33,35,42-46,62H,3,6,13-15,20,23-31,34H2,(H2,56,73)(H,59,64)(H,60,70)(H,63,74)(H,65,72)(H,66,71)(H,67,76)(H,68,77)(H,69,75)(H4,57,58,61)/t42-,43+,44-,45+,46+/m1/s1. The molecule has 0 saturated carbocycles. The fourth-order valence-electron chi connectivity index (χ4n) is 8.36. The normalized spacial score (nSPS) is 12.8. The van der Waals surface area contributed by atoms with E-state index in [1.54, 1.807) is 36.5 Å². The van der Waals surface area contributed by atoms with Crippen LogP contribution >= 0.6 is 0 Å². The first kappa shape index (κ1) is 58.9. The van der Waals surface area contributed by atoms with E-state index in [2.05, 4.69) is 63.1 Å². The molecule has 0 saturated heterocycles. The number of imidazole rings is 1. The number of nitrogens with one attached hydrogen (secondary N) is 9. The van der Waals surface area contributed by atoms with Gasteiger partial charge in [0.2, 0.25) is 47.3 Å². The third-order valence-corrected chi connectivity index (χ3v) is 12.4. The van der Waals surface area contributed by atoms with E-state index in [0.29, 0.717) is 48.9 Å². The summed E-state index contributed by atoms with van der Waals surface area (Å²) < 4.78 is 0. The van der Waals surface area contributed by atoms with Gasteiger partial charge in [0.15, 0.2) is 5.96 Å². The highest BCUT2D eigenvalue weighted by molar-refractivity contribution is 5.97. The number of H-pyrrole nitrogens is 2. The number of aromatic nitrogens is 3. The smallest absolute Gasteiger partial charge is 0.243 e. The average Bonchev–Trinajstić information content (AvgIpc) is 4.10. The van der Waals surface area contributed by atoms with Gasteiger partial charge < -0.3 is 64.4 Å². The van der Waals surface area contributed by atoms with Crippen LogP contribution in [0.5, 0.6) is 0 Å². The summed E-state index contributed by atoms with van der Waals surface area (Å²) in [5.41, 5.74) is 20.5. The van der Waals surface area contributed by atoms with Gasteiger partial charge in [0.25, 0.3) is 0 Å². The molecule has 5 atom stereocenters. The Balaban J connectivity index is 1.33. The zero-order valence-electron chi connectivity index (χ0n) is 43.0. The molecule has 408 valence electrons. The van der Waals surface area contributed by atoms with Crippen molar-refractivity contribution in [3.05, 3.63) is 126 Å². The number of hydrogen-bond acceptors (Lipinski definition) is 10. The van der Waals surface area contributed by atoms with Crippen LogP contribution in [0, 0.1) is 12.3 Å². The molecular formula is C55H70N14O8. The zero-order valence-corrected chi connectivity index (χ0v) is 43.0. The molecule has 0 aliphatic heterocycles. The molecule has 5 aromatic rings. The number of rotatable bonds is 33. The van der Waals surface area contributed by atoms with Crippen molar-refractivity contribution in [1.82, 2.24) is 52.2 Å². The van der Waals surface area contributed by atoms with Crippen LogP contribution in [0.15, 0.2) is 109 Å². The van der Waals surface area contributed by atoms with Crippen LogP contribution in [0.25, 0.3) is 10.9 Å². The Labute approximate surface area is 447 Å². The quantitative estimate of drug-likeness (QED) is 0.0120. The van der Waals surface area contributed by atoms with Crippen molar-refractivity contribution < 1.29 is 38.4 Å². The third kappa shape index (κ3) is 21.0. The highest BCUT2D eigenvalue weighted by atomic mass is 16.2. The second kappa shape index (κ2) is 31.7. The lowest BCUT2D eigenvalue weighted by Gasteiger charge is -2.27. The van der Waals surface area contributed by atoms with E-state index in [4.69, 9.17) is 23.6 Å². The number of amides is 8. The van der Waals surface area contributed by atoms with Gasteiger partial charge in [-0.05, 0) is 67.7 Å². The third-order valence-electron chi connectivity index (χ3n) is 12.4. The maximum Gasteiger partial charge on any atom is 0.243 e. The van der Waals surface area contributed by atoms with E-state index < -0.39 is 72.2 Å². The van der Waals surface area contributed by atoms with Crippen molar-refractivity contribution in [3.63, 3.8) is 0 Å². The Hall–Kier alpha value is -9.00. The number of guanidine groups is 1. The predicted octanol–water partition coefficient (Wildman–Crippen LogP) is 0.721.